The first-order valence-corrected chi connectivity index (χ1v) is 7.59. The van der Waals surface area contributed by atoms with Gasteiger partial charge in [0.25, 0.3) is 0 Å². The van der Waals surface area contributed by atoms with Gasteiger partial charge in [0, 0.05) is 15.1 Å². The molecule has 0 amide bonds. The summed E-state index contributed by atoms with van der Waals surface area (Å²) in [5, 5.41) is 0. The Morgan fingerprint density at radius 1 is 1.26 bits per heavy atom. The van der Waals surface area contributed by atoms with Crippen LogP contribution in [0.3, 0.4) is 0 Å². The molecule has 96 valence electrons. The second-order valence-corrected chi connectivity index (χ2v) is 6.32. The zero-order valence-electron chi connectivity index (χ0n) is 9.95. The van der Waals surface area contributed by atoms with Crippen molar-refractivity contribution in [2.75, 3.05) is 0 Å². The Hall–Kier alpha value is -0.980. The van der Waals surface area contributed by atoms with Gasteiger partial charge in [-0.1, -0.05) is 6.07 Å². The molecule has 19 heavy (non-hydrogen) atoms. The van der Waals surface area contributed by atoms with Crippen LogP contribution in [0.4, 0.5) is 0 Å². The maximum Gasteiger partial charge on any atom is 0.184 e. The fraction of sp³-hybridized carbons (Fsp3) is 0.0769. The van der Waals surface area contributed by atoms with Crippen molar-refractivity contribution in [1.29, 1.82) is 0 Å². The number of H-pyrrole nitrogens is 1. The Bertz CT molecular complexity index is 815. The zero-order valence-corrected chi connectivity index (χ0v) is 13.9. The van der Waals surface area contributed by atoms with Crippen LogP contribution >= 0.6 is 44.1 Å². The smallest absolute Gasteiger partial charge is 0.184 e. The molecule has 0 radical (unpaired) electrons. The molecule has 0 saturated carbocycles. The summed E-state index contributed by atoms with van der Waals surface area (Å²) >= 11 is 12.6. The van der Waals surface area contributed by atoms with Crippen LogP contribution in [-0.2, 0) is 0 Å². The van der Waals surface area contributed by atoms with E-state index in [1.807, 2.05) is 42.0 Å². The van der Waals surface area contributed by atoms with Crippen LogP contribution in [-0.4, -0.2) is 14.5 Å². The number of aromatic nitrogens is 3. The van der Waals surface area contributed by atoms with Gasteiger partial charge in [-0.25, -0.2) is 4.98 Å². The Morgan fingerprint density at radius 3 is 2.63 bits per heavy atom. The maximum atomic E-state index is 5.42. The molecule has 0 aliphatic heterocycles. The normalized spacial score (nSPS) is 11.1. The molecule has 3 nitrogen and oxygen atoms in total. The molecule has 0 saturated heterocycles. The van der Waals surface area contributed by atoms with Gasteiger partial charge >= 0.3 is 0 Å². The van der Waals surface area contributed by atoms with E-state index >= 15 is 0 Å². The van der Waals surface area contributed by atoms with Gasteiger partial charge in [0.1, 0.15) is 0 Å². The number of hydrogen-bond donors (Lipinski definition) is 1. The summed E-state index contributed by atoms with van der Waals surface area (Å²) in [6.45, 7) is 2.01. The number of aromatic amines is 1. The van der Waals surface area contributed by atoms with Gasteiger partial charge in [0.15, 0.2) is 10.4 Å². The number of pyridine rings is 1. The van der Waals surface area contributed by atoms with Crippen LogP contribution in [0.1, 0.15) is 5.56 Å². The maximum absolute atomic E-state index is 5.42. The lowest BCUT2D eigenvalue weighted by Gasteiger charge is -2.09. The lowest BCUT2D eigenvalue weighted by atomic mass is 10.3. The van der Waals surface area contributed by atoms with Crippen LogP contribution in [0.25, 0.3) is 16.9 Å². The molecular weight excluding hydrogens is 390 g/mol. The molecule has 3 rings (SSSR count). The first kappa shape index (κ1) is 13.0. The van der Waals surface area contributed by atoms with E-state index in [2.05, 4.69) is 41.8 Å². The number of hydrogen-bond acceptors (Lipinski definition) is 2. The Kier molecular flexibility index (Phi) is 3.32. The molecular formula is C13H9Br2N3S. The molecule has 1 aromatic carbocycles. The van der Waals surface area contributed by atoms with Crippen LogP contribution in [0.2, 0.25) is 0 Å². The highest BCUT2D eigenvalue weighted by atomic mass is 79.9. The third kappa shape index (κ3) is 2.17. The van der Waals surface area contributed by atoms with Crippen LogP contribution in [0.15, 0.2) is 39.4 Å². The predicted molar refractivity (Wildman–Crippen MR) is 86.4 cm³/mol. The second-order valence-electron chi connectivity index (χ2n) is 4.22. The first-order chi connectivity index (χ1) is 9.08. The lowest BCUT2D eigenvalue weighted by molar-refractivity contribution is 1.03. The number of imidazole rings is 1. The first-order valence-electron chi connectivity index (χ1n) is 5.59. The van der Waals surface area contributed by atoms with Crippen molar-refractivity contribution in [2.24, 2.45) is 0 Å². The van der Waals surface area contributed by atoms with E-state index in [0.29, 0.717) is 4.77 Å². The minimum atomic E-state index is 0.626. The van der Waals surface area contributed by atoms with Crippen molar-refractivity contribution in [3.8, 4) is 5.69 Å². The Balaban J connectivity index is 2.43. The van der Waals surface area contributed by atoms with Crippen molar-refractivity contribution in [3.05, 3.63) is 49.7 Å². The summed E-state index contributed by atoms with van der Waals surface area (Å²) in [6.07, 6.45) is 1.84. The summed E-state index contributed by atoms with van der Waals surface area (Å²) in [4.78, 5) is 7.68. The van der Waals surface area contributed by atoms with E-state index in [-0.39, 0.29) is 0 Å². The number of halogens is 2. The average Bonchev–Trinajstić information content (AvgIpc) is 2.65. The monoisotopic (exact) mass is 397 g/mol. The van der Waals surface area contributed by atoms with Gasteiger partial charge in [-0.05, 0) is 74.8 Å². The minimum absolute atomic E-state index is 0.626. The quantitative estimate of drug-likeness (QED) is 0.590. The van der Waals surface area contributed by atoms with Crippen LogP contribution in [0, 0.1) is 11.7 Å². The Labute approximate surface area is 131 Å². The number of aryl methyl sites for hydroxylation is 1. The molecule has 0 aliphatic rings. The molecule has 2 heterocycles. The number of benzene rings is 1. The fourth-order valence-corrected chi connectivity index (χ4v) is 3.65. The van der Waals surface area contributed by atoms with E-state index < -0.39 is 0 Å². The number of nitrogens with one attached hydrogen (secondary N) is 1. The van der Waals surface area contributed by atoms with Gasteiger partial charge in [-0.2, -0.15) is 0 Å². The van der Waals surface area contributed by atoms with Crippen molar-refractivity contribution >= 4 is 55.2 Å². The van der Waals surface area contributed by atoms with E-state index in [1.54, 1.807) is 0 Å². The molecule has 0 atom stereocenters. The number of para-hydroxylation sites is 1. The van der Waals surface area contributed by atoms with Gasteiger partial charge < -0.3 is 4.98 Å². The molecule has 6 heteroatoms. The standard InChI is InChI=1S/C13H9Br2N3S/c1-7-5-10-12(16-6-7)18(13(19)17-10)11-8(14)3-2-4-9(11)15/h2-6H,1H3,(H,17,19). The highest BCUT2D eigenvalue weighted by Crippen LogP contribution is 2.31. The van der Waals surface area contributed by atoms with E-state index in [4.69, 9.17) is 12.2 Å². The summed E-state index contributed by atoms with van der Waals surface area (Å²) < 4.78 is 4.47. The van der Waals surface area contributed by atoms with Crippen molar-refractivity contribution in [3.63, 3.8) is 0 Å². The number of nitrogens with zero attached hydrogens (tertiary/aromatic N) is 2. The Morgan fingerprint density at radius 2 is 1.95 bits per heavy atom. The van der Waals surface area contributed by atoms with E-state index in [0.717, 1.165) is 31.4 Å². The number of fused-ring (bicyclic) bond motifs is 1. The van der Waals surface area contributed by atoms with Gasteiger partial charge in [-0.3, -0.25) is 4.57 Å². The third-order valence-corrected chi connectivity index (χ3v) is 4.39. The molecule has 0 bridgehead atoms. The van der Waals surface area contributed by atoms with E-state index in [9.17, 15) is 0 Å². The largest absolute Gasteiger partial charge is 0.329 e. The minimum Gasteiger partial charge on any atom is -0.329 e. The third-order valence-electron chi connectivity index (χ3n) is 2.82. The van der Waals surface area contributed by atoms with E-state index in [1.165, 1.54) is 0 Å². The molecule has 0 spiro atoms. The van der Waals surface area contributed by atoms with Gasteiger partial charge in [0.2, 0.25) is 0 Å². The SMILES string of the molecule is Cc1cnc2c(c1)[nH]c(=S)n2-c1c(Br)cccc1Br. The predicted octanol–water partition coefficient (Wildman–Crippen LogP) is 4.92. The van der Waals surface area contributed by atoms with Gasteiger partial charge in [-0.15, -0.1) is 0 Å². The number of rotatable bonds is 1. The topological polar surface area (TPSA) is 33.6 Å². The average molecular weight is 399 g/mol. The highest BCUT2D eigenvalue weighted by Gasteiger charge is 2.13. The molecule has 2 aromatic heterocycles. The van der Waals surface area contributed by atoms with Crippen molar-refractivity contribution in [2.45, 2.75) is 6.92 Å². The molecule has 0 aliphatic carbocycles. The summed E-state index contributed by atoms with van der Waals surface area (Å²) in [6, 6.07) is 7.97. The molecule has 0 unspecified atom stereocenters. The molecule has 0 fully saturated rings. The zero-order chi connectivity index (χ0) is 13.6. The lowest BCUT2D eigenvalue weighted by Crippen LogP contribution is -1.98. The molecule has 1 N–H and O–H groups in total. The second kappa shape index (κ2) is 4.85. The fourth-order valence-electron chi connectivity index (χ4n) is 2.01. The summed E-state index contributed by atoms with van der Waals surface area (Å²) in [5.74, 6) is 0. The van der Waals surface area contributed by atoms with Crippen LogP contribution < -0.4 is 0 Å². The van der Waals surface area contributed by atoms with Crippen molar-refractivity contribution < 1.29 is 0 Å². The highest BCUT2D eigenvalue weighted by molar-refractivity contribution is 9.11. The van der Waals surface area contributed by atoms with Crippen LogP contribution in [0.5, 0.6) is 0 Å². The van der Waals surface area contributed by atoms with Gasteiger partial charge in [0.05, 0.1) is 11.2 Å². The molecule has 3 aromatic rings. The summed E-state index contributed by atoms with van der Waals surface area (Å²) in [7, 11) is 0. The summed E-state index contributed by atoms with van der Waals surface area (Å²) in [5.41, 5.74) is 3.81. The van der Waals surface area contributed by atoms with Crippen molar-refractivity contribution in [1.82, 2.24) is 14.5 Å².